The molecule has 194 valence electrons. The maximum atomic E-state index is 13.4. The summed E-state index contributed by atoms with van der Waals surface area (Å²) in [7, 11) is 1.43. The van der Waals surface area contributed by atoms with Crippen molar-refractivity contribution in [3.05, 3.63) is 20.8 Å². The molecule has 2 aliphatic rings. The number of amides is 4. The van der Waals surface area contributed by atoms with Crippen molar-refractivity contribution >= 4 is 29.4 Å². The fourth-order valence-electron chi connectivity index (χ4n) is 4.89. The van der Waals surface area contributed by atoms with Crippen LogP contribution in [0.15, 0.2) is 9.59 Å². The van der Waals surface area contributed by atoms with Gasteiger partial charge >= 0.3 is 11.7 Å². The Bertz CT molecular complexity index is 1080. The highest BCUT2D eigenvalue weighted by Gasteiger charge is 2.52. The van der Waals surface area contributed by atoms with Gasteiger partial charge in [0.2, 0.25) is 5.91 Å². The maximum Gasteiger partial charge on any atom is 0.330 e. The van der Waals surface area contributed by atoms with Gasteiger partial charge in [0.15, 0.2) is 5.69 Å². The molecule has 0 aromatic carbocycles. The molecule has 1 aromatic heterocycles. The van der Waals surface area contributed by atoms with Gasteiger partial charge in [-0.15, -0.1) is 0 Å². The smallest absolute Gasteiger partial charge is 0.330 e. The van der Waals surface area contributed by atoms with Crippen LogP contribution in [-0.2, 0) is 20.9 Å². The molecule has 1 aromatic rings. The number of ether oxygens (including phenoxy) is 1. The van der Waals surface area contributed by atoms with Crippen LogP contribution in [0.3, 0.4) is 0 Å². The highest BCUT2D eigenvalue weighted by atomic mass is 16.5. The minimum atomic E-state index is -0.985. The molecule has 1 spiro atoms. The molecule has 2 heterocycles. The van der Waals surface area contributed by atoms with Gasteiger partial charge in [0.1, 0.15) is 17.9 Å². The Balaban J connectivity index is 1.90. The normalized spacial score (nSPS) is 22.2. The summed E-state index contributed by atoms with van der Waals surface area (Å²) in [6.45, 7) is 5.54. The van der Waals surface area contributed by atoms with Crippen LogP contribution in [0.1, 0.15) is 52.9 Å². The Morgan fingerprint density at radius 3 is 2.46 bits per heavy atom. The number of methoxy groups -OCH3 is 1. The minimum absolute atomic E-state index is 0.0433. The number of hydrogen-bond donors (Lipinski definition) is 3. The van der Waals surface area contributed by atoms with Gasteiger partial charge < -0.3 is 20.7 Å². The number of carbonyl (C=O) groups excluding carboxylic acids is 3. The number of hydrogen-bond acceptors (Lipinski definition) is 7. The van der Waals surface area contributed by atoms with E-state index in [1.54, 1.807) is 0 Å². The summed E-state index contributed by atoms with van der Waals surface area (Å²) in [4.78, 5) is 68.6. The largest absolute Gasteiger partial charge is 0.383 e. The summed E-state index contributed by atoms with van der Waals surface area (Å²) in [5.74, 6) is -0.715. The van der Waals surface area contributed by atoms with Gasteiger partial charge in [-0.3, -0.25) is 28.8 Å². The number of imide groups is 1. The van der Waals surface area contributed by atoms with E-state index in [4.69, 9.17) is 10.5 Å². The third kappa shape index (κ3) is 5.26. The van der Waals surface area contributed by atoms with Crippen molar-refractivity contribution in [1.29, 1.82) is 0 Å². The molecule has 1 aliphatic carbocycles. The molecule has 2 fully saturated rings. The third-order valence-electron chi connectivity index (χ3n) is 6.93. The van der Waals surface area contributed by atoms with Crippen molar-refractivity contribution in [1.82, 2.24) is 19.8 Å². The summed E-state index contributed by atoms with van der Waals surface area (Å²) in [5, 5.41) is 2.81. The molecular weight excluding hydrogens is 456 g/mol. The topological polar surface area (TPSA) is 160 Å². The van der Waals surface area contributed by atoms with Crippen LogP contribution in [0, 0.1) is 11.8 Å². The molecule has 1 saturated heterocycles. The summed E-state index contributed by atoms with van der Waals surface area (Å²) >= 11 is 0. The number of aromatic nitrogens is 2. The van der Waals surface area contributed by atoms with Crippen LogP contribution >= 0.6 is 0 Å². The van der Waals surface area contributed by atoms with E-state index in [9.17, 15) is 24.0 Å². The zero-order valence-electron chi connectivity index (χ0n) is 20.9. The number of H-pyrrole nitrogens is 1. The van der Waals surface area contributed by atoms with E-state index in [0.29, 0.717) is 18.8 Å². The molecule has 35 heavy (non-hydrogen) atoms. The molecule has 0 bridgehead atoms. The molecule has 12 heteroatoms. The molecule has 0 atom stereocenters. The van der Waals surface area contributed by atoms with Crippen LogP contribution in [0.4, 0.5) is 16.3 Å². The minimum Gasteiger partial charge on any atom is -0.383 e. The van der Waals surface area contributed by atoms with E-state index >= 15 is 0 Å². The first-order valence-corrected chi connectivity index (χ1v) is 12.1. The lowest BCUT2D eigenvalue weighted by molar-refractivity contribution is -0.135. The van der Waals surface area contributed by atoms with Crippen LogP contribution in [0.5, 0.6) is 0 Å². The van der Waals surface area contributed by atoms with Crippen LogP contribution in [0.2, 0.25) is 0 Å². The average molecular weight is 493 g/mol. The number of aromatic amines is 1. The van der Waals surface area contributed by atoms with E-state index in [0.717, 1.165) is 29.1 Å². The Hall–Kier alpha value is -3.15. The van der Waals surface area contributed by atoms with Crippen LogP contribution < -0.4 is 27.2 Å². The van der Waals surface area contributed by atoms with Gasteiger partial charge in [-0.25, -0.2) is 9.59 Å². The summed E-state index contributed by atoms with van der Waals surface area (Å²) in [6, 6.07) is -0.628. The van der Waals surface area contributed by atoms with Gasteiger partial charge in [0.05, 0.1) is 6.61 Å². The van der Waals surface area contributed by atoms with Crippen molar-refractivity contribution in [3.63, 3.8) is 0 Å². The monoisotopic (exact) mass is 492 g/mol. The zero-order chi connectivity index (χ0) is 25.9. The number of carbonyl (C=O) groups is 3. The molecule has 12 nitrogen and oxygen atoms in total. The average Bonchev–Trinajstić information content (AvgIpc) is 3.02. The number of rotatable bonds is 9. The molecule has 4 amide bonds. The number of anilines is 2. The van der Waals surface area contributed by atoms with Crippen molar-refractivity contribution in [2.24, 2.45) is 11.8 Å². The highest BCUT2D eigenvalue weighted by Crippen LogP contribution is 2.37. The van der Waals surface area contributed by atoms with Crippen molar-refractivity contribution in [3.8, 4) is 0 Å². The van der Waals surface area contributed by atoms with E-state index in [2.05, 4.69) is 17.2 Å². The van der Waals surface area contributed by atoms with Crippen LogP contribution in [-0.4, -0.2) is 64.6 Å². The van der Waals surface area contributed by atoms with Crippen molar-refractivity contribution in [2.75, 3.05) is 37.4 Å². The molecule has 1 aliphatic heterocycles. The number of urea groups is 1. The predicted octanol–water partition coefficient (Wildman–Crippen LogP) is 0.645. The predicted molar refractivity (Wildman–Crippen MR) is 130 cm³/mol. The highest BCUT2D eigenvalue weighted by molar-refractivity contribution is 6.10. The van der Waals surface area contributed by atoms with Crippen molar-refractivity contribution in [2.45, 2.75) is 65.0 Å². The lowest BCUT2D eigenvalue weighted by Gasteiger charge is -2.34. The standard InChI is InChI=1S/C23H36N6O6/c1-5-15-6-8-23(9-7-15)20(32)29(22(34)26-23)13-16(30)27(10-11-35-4)17-18(24)28(12-14(2)3)21(33)25-19(17)31/h14-15H,5-13,24H2,1-4H3,(H,26,34)(H,25,31,33). The first-order chi connectivity index (χ1) is 16.5. The van der Waals surface area contributed by atoms with E-state index < -0.39 is 41.2 Å². The number of nitrogens with zero attached hydrogens (tertiary/aromatic N) is 3. The number of nitrogen functional groups attached to an aromatic ring is 1. The fourth-order valence-corrected chi connectivity index (χ4v) is 4.89. The third-order valence-corrected chi connectivity index (χ3v) is 6.93. The Morgan fingerprint density at radius 1 is 1.23 bits per heavy atom. The summed E-state index contributed by atoms with van der Waals surface area (Å²) < 4.78 is 6.29. The van der Waals surface area contributed by atoms with Gasteiger partial charge in [-0.1, -0.05) is 27.2 Å². The van der Waals surface area contributed by atoms with Gasteiger partial charge in [-0.2, -0.15) is 0 Å². The molecule has 4 N–H and O–H groups in total. The fraction of sp³-hybridized carbons (Fsp3) is 0.696. The van der Waals surface area contributed by atoms with E-state index in [1.165, 1.54) is 11.7 Å². The quantitative estimate of drug-likeness (QED) is 0.427. The molecule has 1 saturated carbocycles. The number of nitrogens with two attached hydrogens (primary N) is 1. The van der Waals surface area contributed by atoms with Crippen LogP contribution in [0.25, 0.3) is 0 Å². The molecule has 0 unspecified atom stereocenters. The summed E-state index contributed by atoms with van der Waals surface area (Å²) in [5.41, 5.74) is 3.49. The Labute approximate surface area is 203 Å². The maximum absolute atomic E-state index is 13.4. The second kappa shape index (κ2) is 10.6. The first kappa shape index (κ1) is 26.5. The lowest BCUT2D eigenvalue weighted by Crippen LogP contribution is -2.50. The second-order valence-electron chi connectivity index (χ2n) is 9.79. The van der Waals surface area contributed by atoms with Gasteiger partial charge in [0, 0.05) is 20.2 Å². The van der Waals surface area contributed by atoms with Gasteiger partial charge in [-0.05, 0) is 37.5 Å². The Morgan fingerprint density at radius 2 is 1.89 bits per heavy atom. The Kier molecular flexibility index (Phi) is 8.04. The van der Waals surface area contributed by atoms with Gasteiger partial charge in [0.25, 0.3) is 11.5 Å². The zero-order valence-corrected chi connectivity index (χ0v) is 20.9. The van der Waals surface area contributed by atoms with Crippen molar-refractivity contribution < 1.29 is 19.1 Å². The second-order valence-corrected chi connectivity index (χ2v) is 9.79. The molecular formula is C23H36N6O6. The summed E-state index contributed by atoms with van der Waals surface area (Å²) in [6.07, 6.45) is 3.73. The number of nitrogens with one attached hydrogen (secondary N) is 2. The SMILES string of the molecule is CCC1CCC2(CC1)NC(=O)N(CC(=O)N(CCOC)c1c(N)n(CC(C)C)c(=O)[nH]c1=O)C2=O. The first-order valence-electron chi connectivity index (χ1n) is 12.1. The van der Waals surface area contributed by atoms with E-state index in [-0.39, 0.29) is 37.1 Å². The lowest BCUT2D eigenvalue weighted by atomic mass is 9.75. The molecule has 0 radical (unpaired) electrons. The van der Waals surface area contributed by atoms with E-state index in [1.807, 2.05) is 13.8 Å². The molecule has 3 rings (SSSR count).